The van der Waals surface area contributed by atoms with Crippen molar-refractivity contribution in [2.24, 2.45) is 11.8 Å². The van der Waals surface area contributed by atoms with E-state index in [0.717, 1.165) is 12.8 Å². The van der Waals surface area contributed by atoms with E-state index in [0.29, 0.717) is 25.0 Å². The summed E-state index contributed by atoms with van der Waals surface area (Å²) in [5.41, 5.74) is -0.225. The van der Waals surface area contributed by atoms with Crippen molar-refractivity contribution in [3.8, 4) is 0 Å². The van der Waals surface area contributed by atoms with E-state index < -0.39 is 5.79 Å². The minimum atomic E-state index is -0.461. The molecular formula is C12H18O3. The number of ether oxygens (including phenoxy) is 3. The molecule has 3 atom stereocenters. The summed E-state index contributed by atoms with van der Waals surface area (Å²) in [5.74, 6) is 0.392. The first-order valence-corrected chi connectivity index (χ1v) is 5.76. The number of fused-ring (bicyclic) bond motifs is 2. The Hall–Kier alpha value is -0.380. The van der Waals surface area contributed by atoms with Crippen molar-refractivity contribution < 1.29 is 14.2 Å². The summed E-state index contributed by atoms with van der Waals surface area (Å²) in [6.07, 6.45) is 6.59. The van der Waals surface area contributed by atoms with Gasteiger partial charge in [0.1, 0.15) is 5.60 Å². The lowest BCUT2D eigenvalue weighted by Gasteiger charge is -2.64. The van der Waals surface area contributed by atoms with Crippen LogP contribution in [0.5, 0.6) is 0 Å². The molecule has 1 heterocycles. The van der Waals surface area contributed by atoms with Crippen LogP contribution in [0, 0.1) is 11.8 Å². The molecule has 0 aromatic heterocycles. The summed E-state index contributed by atoms with van der Waals surface area (Å²) in [7, 11) is 1.78. The van der Waals surface area contributed by atoms with Crippen molar-refractivity contribution in [3.05, 3.63) is 12.2 Å². The van der Waals surface area contributed by atoms with Gasteiger partial charge < -0.3 is 14.2 Å². The van der Waals surface area contributed by atoms with E-state index in [4.69, 9.17) is 14.2 Å². The van der Waals surface area contributed by atoms with Gasteiger partial charge in [-0.1, -0.05) is 19.1 Å². The fourth-order valence-electron chi connectivity index (χ4n) is 3.68. The lowest BCUT2D eigenvalue weighted by atomic mass is 9.53. The quantitative estimate of drug-likeness (QED) is 0.617. The van der Waals surface area contributed by atoms with Crippen LogP contribution in [-0.4, -0.2) is 31.7 Å². The van der Waals surface area contributed by atoms with Crippen LogP contribution < -0.4 is 0 Å². The van der Waals surface area contributed by atoms with E-state index in [2.05, 4.69) is 19.1 Å². The molecule has 3 aliphatic rings. The predicted octanol–water partition coefficient (Wildman–Crippen LogP) is 1.73. The lowest BCUT2D eigenvalue weighted by Crippen LogP contribution is -2.76. The van der Waals surface area contributed by atoms with E-state index in [9.17, 15) is 0 Å². The molecular weight excluding hydrogens is 192 g/mol. The Bertz CT molecular complexity index is 293. The van der Waals surface area contributed by atoms with Gasteiger partial charge in [-0.3, -0.25) is 0 Å². The molecule has 15 heavy (non-hydrogen) atoms. The molecule has 1 saturated heterocycles. The van der Waals surface area contributed by atoms with E-state index in [1.807, 2.05) is 0 Å². The second-order valence-electron chi connectivity index (χ2n) is 4.74. The van der Waals surface area contributed by atoms with Crippen molar-refractivity contribution in [2.75, 3.05) is 20.3 Å². The number of methoxy groups -OCH3 is 1. The maximum absolute atomic E-state index is 5.87. The largest absolute Gasteiger partial charge is 0.372 e. The summed E-state index contributed by atoms with van der Waals surface area (Å²) < 4.78 is 17.5. The molecule has 0 amide bonds. The first-order valence-electron chi connectivity index (χ1n) is 5.76. The van der Waals surface area contributed by atoms with Gasteiger partial charge in [-0.15, -0.1) is 0 Å². The number of hydrogen-bond donors (Lipinski definition) is 0. The first kappa shape index (κ1) is 9.82. The molecule has 2 aliphatic carbocycles. The van der Waals surface area contributed by atoms with Crippen LogP contribution in [0.2, 0.25) is 0 Å². The van der Waals surface area contributed by atoms with Crippen LogP contribution in [-0.2, 0) is 14.2 Å². The summed E-state index contributed by atoms with van der Waals surface area (Å²) in [6.45, 7) is 3.60. The monoisotopic (exact) mass is 210 g/mol. The van der Waals surface area contributed by atoms with Crippen LogP contribution in [0.25, 0.3) is 0 Å². The molecule has 0 bridgehead atoms. The molecule has 1 aliphatic heterocycles. The molecule has 3 rings (SSSR count). The van der Waals surface area contributed by atoms with Gasteiger partial charge in [0.2, 0.25) is 5.79 Å². The van der Waals surface area contributed by atoms with Crippen LogP contribution in [0.15, 0.2) is 12.2 Å². The molecule has 0 N–H and O–H groups in total. The maximum atomic E-state index is 5.87. The SMILES string of the molecule is CO[C@]12CCC=C[C@H]1C(C)C21OCCO1. The highest BCUT2D eigenvalue weighted by Gasteiger charge is 2.74. The smallest absolute Gasteiger partial charge is 0.201 e. The van der Waals surface area contributed by atoms with Crippen molar-refractivity contribution in [1.82, 2.24) is 0 Å². The zero-order valence-electron chi connectivity index (χ0n) is 9.36. The summed E-state index contributed by atoms with van der Waals surface area (Å²) in [5, 5.41) is 0. The van der Waals surface area contributed by atoms with E-state index >= 15 is 0 Å². The molecule has 0 aromatic rings. The Morgan fingerprint density at radius 3 is 2.73 bits per heavy atom. The van der Waals surface area contributed by atoms with Gasteiger partial charge in [-0.05, 0) is 12.8 Å². The van der Waals surface area contributed by atoms with Gasteiger partial charge in [-0.2, -0.15) is 0 Å². The third-order valence-corrected chi connectivity index (χ3v) is 4.37. The number of allylic oxidation sites excluding steroid dienone is 1. The zero-order valence-corrected chi connectivity index (χ0v) is 9.36. The third-order valence-electron chi connectivity index (χ3n) is 4.37. The molecule has 1 unspecified atom stereocenters. The minimum Gasteiger partial charge on any atom is -0.372 e. The van der Waals surface area contributed by atoms with Gasteiger partial charge in [0.05, 0.1) is 13.2 Å². The van der Waals surface area contributed by atoms with Gasteiger partial charge in [0, 0.05) is 18.9 Å². The lowest BCUT2D eigenvalue weighted by molar-refractivity contribution is -0.388. The highest BCUT2D eigenvalue weighted by molar-refractivity contribution is 5.25. The summed E-state index contributed by atoms with van der Waals surface area (Å²) >= 11 is 0. The Kier molecular flexibility index (Phi) is 2.00. The van der Waals surface area contributed by atoms with Gasteiger partial charge in [0.15, 0.2) is 0 Å². The van der Waals surface area contributed by atoms with Crippen LogP contribution in [0.4, 0.5) is 0 Å². The van der Waals surface area contributed by atoms with Crippen LogP contribution in [0.1, 0.15) is 19.8 Å². The molecule has 0 radical (unpaired) electrons. The van der Waals surface area contributed by atoms with Crippen molar-refractivity contribution in [3.63, 3.8) is 0 Å². The maximum Gasteiger partial charge on any atom is 0.201 e. The third kappa shape index (κ3) is 0.924. The first-order chi connectivity index (χ1) is 7.27. The van der Waals surface area contributed by atoms with Gasteiger partial charge in [0.25, 0.3) is 0 Å². The second kappa shape index (κ2) is 3.06. The van der Waals surface area contributed by atoms with Gasteiger partial charge in [-0.25, -0.2) is 0 Å². The van der Waals surface area contributed by atoms with E-state index in [1.165, 1.54) is 0 Å². The van der Waals surface area contributed by atoms with Crippen LogP contribution >= 0.6 is 0 Å². The van der Waals surface area contributed by atoms with E-state index in [1.54, 1.807) is 7.11 Å². The van der Waals surface area contributed by atoms with Crippen molar-refractivity contribution >= 4 is 0 Å². The highest BCUT2D eigenvalue weighted by atomic mass is 16.8. The summed E-state index contributed by atoms with van der Waals surface area (Å²) in [6, 6.07) is 0. The Labute approximate surface area is 90.4 Å². The average Bonchev–Trinajstić information content (AvgIpc) is 2.79. The van der Waals surface area contributed by atoms with Gasteiger partial charge >= 0.3 is 0 Å². The normalized spacial score (nSPS) is 46.5. The molecule has 0 aromatic carbocycles. The predicted molar refractivity (Wildman–Crippen MR) is 55.4 cm³/mol. The molecule has 3 heteroatoms. The van der Waals surface area contributed by atoms with Crippen molar-refractivity contribution in [1.29, 1.82) is 0 Å². The van der Waals surface area contributed by atoms with E-state index in [-0.39, 0.29) is 5.60 Å². The molecule has 2 fully saturated rings. The Morgan fingerprint density at radius 1 is 1.33 bits per heavy atom. The second-order valence-corrected chi connectivity index (χ2v) is 4.74. The zero-order chi connectivity index (χ0) is 10.5. The minimum absolute atomic E-state index is 0.225. The number of rotatable bonds is 1. The topological polar surface area (TPSA) is 27.7 Å². The van der Waals surface area contributed by atoms with Crippen molar-refractivity contribution in [2.45, 2.75) is 31.2 Å². The number of hydrogen-bond acceptors (Lipinski definition) is 3. The fraction of sp³-hybridized carbons (Fsp3) is 0.833. The Balaban J connectivity index is 1.99. The standard InChI is InChI=1S/C12H18O3/c1-9-10-5-3-4-6-11(10,13-2)12(9)14-7-8-15-12/h3,5,9-10H,4,6-8H2,1-2H3/t9?,10-,11+/m0/s1. The average molecular weight is 210 g/mol. The summed E-state index contributed by atoms with van der Waals surface area (Å²) in [4.78, 5) is 0. The highest BCUT2D eigenvalue weighted by Crippen LogP contribution is 2.62. The molecule has 84 valence electrons. The molecule has 3 nitrogen and oxygen atoms in total. The van der Waals surface area contributed by atoms with Crippen LogP contribution in [0.3, 0.4) is 0 Å². The fourth-order valence-corrected chi connectivity index (χ4v) is 3.68. The Morgan fingerprint density at radius 2 is 2.07 bits per heavy atom. The molecule has 1 spiro atoms. The molecule has 1 saturated carbocycles.